The van der Waals surface area contributed by atoms with Crippen LogP contribution in [0.5, 0.6) is 0 Å². The number of hydrogen-bond acceptors (Lipinski definition) is 3. The van der Waals surface area contributed by atoms with Crippen LogP contribution in [0.15, 0.2) is 0 Å². The first-order valence-corrected chi connectivity index (χ1v) is 9.93. The largest absolute Gasteiger partial charge is 0.338 e. The zero-order valence-corrected chi connectivity index (χ0v) is 15.1. The quantitative estimate of drug-likeness (QED) is 0.864. The van der Waals surface area contributed by atoms with E-state index in [2.05, 4.69) is 22.0 Å². The SMILES string of the molecule is CCN1CCCCC(CN2C(=O)C(NC)CCC3CCCC32)C1. The monoisotopic (exact) mass is 321 g/mol. The lowest BCUT2D eigenvalue weighted by atomic mass is 9.96. The zero-order chi connectivity index (χ0) is 16.2. The van der Waals surface area contributed by atoms with Crippen molar-refractivity contribution in [3.63, 3.8) is 0 Å². The van der Waals surface area contributed by atoms with Gasteiger partial charge in [-0.05, 0) is 70.5 Å². The predicted molar refractivity (Wildman–Crippen MR) is 94.4 cm³/mol. The van der Waals surface area contributed by atoms with Gasteiger partial charge in [0.05, 0.1) is 6.04 Å². The second kappa shape index (κ2) is 7.98. The molecule has 0 aromatic rings. The Bertz CT molecular complexity index is 400. The Morgan fingerprint density at radius 3 is 2.74 bits per heavy atom. The van der Waals surface area contributed by atoms with Gasteiger partial charge >= 0.3 is 0 Å². The zero-order valence-electron chi connectivity index (χ0n) is 15.1. The van der Waals surface area contributed by atoms with E-state index in [1.807, 2.05) is 7.05 Å². The topological polar surface area (TPSA) is 35.6 Å². The van der Waals surface area contributed by atoms with Gasteiger partial charge in [0.2, 0.25) is 5.91 Å². The number of hydrogen-bond donors (Lipinski definition) is 1. The molecule has 2 aliphatic heterocycles. The van der Waals surface area contributed by atoms with Gasteiger partial charge in [-0.25, -0.2) is 0 Å². The number of carbonyl (C=O) groups excluding carboxylic acids is 1. The molecule has 1 saturated carbocycles. The van der Waals surface area contributed by atoms with Gasteiger partial charge in [0.15, 0.2) is 0 Å². The standard InChI is InChI=1S/C19H35N3O/c1-3-21-12-5-4-7-15(13-21)14-22-18-9-6-8-16(18)10-11-17(20-2)19(22)23/h15-18,20H,3-14H2,1-2H3. The second-order valence-electron chi connectivity index (χ2n) is 7.92. The molecule has 132 valence electrons. The molecule has 0 aromatic carbocycles. The lowest BCUT2D eigenvalue weighted by Crippen LogP contribution is -2.50. The second-order valence-corrected chi connectivity index (χ2v) is 7.92. The molecule has 4 atom stereocenters. The molecule has 2 saturated heterocycles. The Morgan fingerprint density at radius 2 is 1.96 bits per heavy atom. The van der Waals surface area contributed by atoms with E-state index in [4.69, 9.17) is 0 Å². The van der Waals surface area contributed by atoms with Crippen LogP contribution in [-0.2, 0) is 4.79 Å². The third-order valence-electron chi connectivity index (χ3n) is 6.53. The summed E-state index contributed by atoms with van der Waals surface area (Å²) >= 11 is 0. The summed E-state index contributed by atoms with van der Waals surface area (Å²) in [5.41, 5.74) is 0. The highest BCUT2D eigenvalue weighted by Crippen LogP contribution is 2.37. The van der Waals surface area contributed by atoms with Crippen molar-refractivity contribution in [2.24, 2.45) is 11.8 Å². The minimum absolute atomic E-state index is 0.0497. The van der Waals surface area contributed by atoms with Crippen molar-refractivity contribution in [3.05, 3.63) is 0 Å². The Morgan fingerprint density at radius 1 is 1.09 bits per heavy atom. The fraction of sp³-hybridized carbons (Fsp3) is 0.947. The summed E-state index contributed by atoms with van der Waals surface area (Å²) in [6, 6.07) is 0.577. The third kappa shape index (κ3) is 3.90. The average molecular weight is 322 g/mol. The molecule has 23 heavy (non-hydrogen) atoms. The van der Waals surface area contributed by atoms with Crippen molar-refractivity contribution >= 4 is 5.91 Å². The van der Waals surface area contributed by atoms with Crippen molar-refractivity contribution < 1.29 is 4.79 Å². The first-order chi connectivity index (χ1) is 11.2. The summed E-state index contributed by atoms with van der Waals surface area (Å²) in [5, 5.41) is 3.28. The number of amides is 1. The number of likely N-dealkylation sites (N-methyl/N-ethyl adjacent to an activating group) is 1. The van der Waals surface area contributed by atoms with E-state index in [0.717, 1.165) is 25.4 Å². The highest BCUT2D eigenvalue weighted by molar-refractivity contribution is 5.82. The lowest BCUT2D eigenvalue weighted by molar-refractivity contribution is -0.136. The van der Waals surface area contributed by atoms with Crippen molar-refractivity contribution in [2.45, 2.75) is 70.4 Å². The van der Waals surface area contributed by atoms with E-state index in [9.17, 15) is 4.79 Å². The highest BCUT2D eigenvalue weighted by Gasteiger charge is 2.40. The van der Waals surface area contributed by atoms with Crippen molar-refractivity contribution in [3.8, 4) is 0 Å². The van der Waals surface area contributed by atoms with Gasteiger partial charge in [-0.1, -0.05) is 19.8 Å². The molecule has 4 heteroatoms. The molecule has 0 bridgehead atoms. The summed E-state index contributed by atoms with van der Waals surface area (Å²) in [5.74, 6) is 1.80. The first kappa shape index (κ1) is 17.2. The smallest absolute Gasteiger partial charge is 0.239 e. The minimum Gasteiger partial charge on any atom is -0.338 e. The lowest BCUT2D eigenvalue weighted by Gasteiger charge is -2.36. The molecule has 3 fully saturated rings. The van der Waals surface area contributed by atoms with E-state index in [-0.39, 0.29) is 6.04 Å². The van der Waals surface area contributed by atoms with Gasteiger partial charge in [-0.15, -0.1) is 0 Å². The average Bonchev–Trinajstić information content (AvgIpc) is 2.84. The Labute approximate surface area is 142 Å². The van der Waals surface area contributed by atoms with Crippen molar-refractivity contribution in [1.29, 1.82) is 0 Å². The molecule has 1 aliphatic carbocycles. The summed E-state index contributed by atoms with van der Waals surface area (Å²) in [6.45, 7) is 6.84. The number of fused-ring (bicyclic) bond motifs is 1. The maximum Gasteiger partial charge on any atom is 0.239 e. The number of nitrogens with zero attached hydrogens (tertiary/aromatic N) is 2. The number of rotatable bonds is 4. The molecule has 1 N–H and O–H groups in total. The van der Waals surface area contributed by atoms with Gasteiger partial charge in [-0.3, -0.25) is 4.79 Å². The molecule has 4 nitrogen and oxygen atoms in total. The molecule has 3 aliphatic rings. The van der Waals surface area contributed by atoms with Gasteiger partial charge < -0.3 is 15.1 Å². The predicted octanol–water partition coefficient (Wildman–Crippen LogP) is 2.49. The third-order valence-corrected chi connectivity index (χ3v) is 6.53. The van der Waals surface area contributed by atoms with Crippen LogP contribution in [0.2, 0.25) is 0 Å². The van der Waals surface area contributed by atoms with E-state index >= 15 is 0 Å². The van der Waals surface area contributed by atoms with Gasteiger partial charge in [-0.2, -0.15) is 0 Å². The van der Waals surface area contributed by atoms with Gasteiger partial charge in [0.1, 0.15) is 0 Å². The fourth-order valence-electron chi connectivity index (χ4n) is 5.16. The summed E-state index contributed by atoms with van der Waals surface area (Å²) in [6.07, 6.45) is 10.1. The van der Waals surface area contributed by atoms with Crippen LogP contribution >= 0.6 is 0 Å². The molecule has 0 spiro atoms. The van der Waals surface area contributed by atoms with E-state index < -0.39 is 0 Å². The number of carbonyl (C=O) groups is 1. The molecule has 3 rings (SSSR count). The molecular formula is C19H35N3O. The highest BCUT2D eigenvalue weighted by atomic mass is 16.2. The molecule has 0 radical (unpaired) electrons. The number of likely N-dealkylation sites (tertiary alicyclic amines) is 2. The van der Waals surface area contributed by atoms with Crippen LogP contribution < -0.4 is 5.32 Å². The van der Waals surface area contributed by atoms with Crippen LogP contribution in [0.3, 0.4) is 0 Å². The number of nitrogens with one attached hydrogen (secondary N) is 1. The van der Waals surface area contributed by atoms with Gasteiger partial charge in [0.25, 0.3) is 0 Å². The minimum atomic E-state index is 0.0497. The Kier molecular flexibility index (Phi) is 5.97. The first-order valence-electron chi connectivity index (χ1n) is 9.93. The van der Waals surface area contributed by atoms with Crippen molar-refractivity contribution in [2.75, 3.05) is 33.2 Å². The molecule has 0 aromatic heterocycles. The van der Waals surface area contributed by atoms with E-state index in [0.29, 0.717) is 17.9 Å². The maximum atomic E-state index is 13.1. The molecule has 4 unspecified atom stereocenters. The summed E-state index contributed by atoms with van der Waals surface area (Å²) in [4.78, 5) is 18.0. The van der Waals surface area contributed by atoms with Crippen LogP contribution in [0, 0.1) is 11.8 Å². The van der Waals surface area contributed by atoms with E-state index in [1.165, 1.54) is 58.0 Å². The van der Waals surface area contributed by atoms with Crippen LogP contribution in [0.25, 0.3) is 0 Å². The maximum absolute atomic E-state index is 13.1. The fourth-order valence-corrected chi connectivity index (χ4v) is 5.16. The molecule has 1 amide bonds. The van der Waals surface area contributed by atoms with Crippen molar-refractivity contribution in [1.82, 2.24) is 15.1 Å². The van der Waals surface area contributed by atoms with E-state index in [1.54, 1.807) is 0 Å². The molecule has 2 heterocycles. The summed E-state index contributed by atoms with van der Waals surface area (Å²) in [7, 11) is 1.95. The van der Waals surface area contributed by atoms with Crippen LogP contribution in [0.1, 0.15) is 58.3 Å². The Balaban J connectivity index is 1.72. The van der Waals surface area contributed by atoms with Crippen LogP contribution in [-0.4, -0.2) is 61.0 Å². The summed E-state index contributed by atoms with van der Waals surface area (Å²) < 4.78 is 0. The Hall–Kier alpha value is -0.610. The van der Waals surface area contributed by atoms with Crippen LogP contribution in [0.4, 0.5) is 0 Å². The molecular weight excluding hydrogens is 286 g/mol. The normalized spacial score (nSPS) is 36.6. The van der Waals surface area contributed by atoms with Gasteiger partial charge in [0, 0.05) is 19.1 Å².